The van der Waals surface area contributed by atoms with Crippen LogP contribution in [0.4, 0.5) is 0 Å². The van der Waals surface area contributed by atoms with Crippen LogP contribution in [0.25, 0.3) is 0 Å². The zero-order chi connectivity index (χ0) is 11.9. The lowest BCUT2D eigenvalue weighted by atomic mass is 10.1. The van der Waals surface area contributed by atoms with E-state index in [4.69, 9.17) is 10.9 Å². The molecule has 0 heterocycles. The van der Waals surface area contributed by atoms with Gasteiger partial charge in [0.2, 0.25) is 10.0 Å². The molecule has 0 spiro atoms. The summed E-state index contributed by atoms with van der Waals surface area (Å²) in [6, 6.07) is -0.308. The van der Waals surface area contributed by atoms with Crippen molar-refractivity contribution in [1.82, 2.24) is 4.72 Å². The van der Waals surface area contributed by atoms with Gasteiger partial charge in [-0.05, 0) is 12.8 Å². The molecule has 0 rings (SSSR count). The summed E-state index contributed by atoms with van der Waals surface area (Å²) in [5.41, 5.74) is 5.31. The molecule has 0 radical (unpaired) electrons. The minimum Gasteiger partial charge on any atom is -0.409 e. The van der Waals surface area contributed by atoms with Gasteiger partial charge in [-0.2, -0.15) is 0 Å². The molecule has 0 aliphatic carbocycles. The quantitative estimate of drug-likeness (QED) is 0.255. The van der Waals surface area contributed by atoms with E-state index < -0.39 is 10.0 Å². The molecule has 0 amide bonds. The monoisotopic (exact) mass is 237 g/mol. The number of oxime groups is 1. The third-order valence-electron chi connectivity index (χ3n) is 1.90. The average Bonchev–Trinajstić information content (AvgIpc) is 2.16. The maximum Gasteiger partial charge on any atom is 0.211 e. The first-order valence-electron chi connectivity index (χ1n) is 4.91. The van der Waals surface area contributed by atoms with E-state index in [2.05, 4.69) is 9.88 Å². The molecule has 0 aliphatic heterocycles. The van der Waals surface area contributed by atoms with Gasteiger partial charge in [0.05, 0.1) is 5.75 Å². The molecule has 15 heavy (non-hydrogen) atoms. The van der Waals surface area contributed by atoms with E-state index in [1.165, 1.54) is 0 Å². The standard InChI is InChI=1S/C8H19N3O3S/c1-3-5-15(13,14)11-7(4-2)6-8(9)10-12/h7,11-12H,3-6H2,1-2H3,(H2,9,10). The van der Waals surface area contributed by atoms with E-state index in [1.807, 2.05) is 6.92 Å². The Balaban J connectivity index is 4.33. The fraction of sp³-hybridized carbons (Fsp3) is 0.875. The molecule has 0 aromatic carbocycles. The molecule has 4 N–H and O–H groups in total. The van der Waals surface area contributed by atoms with Crippen LogP contribution in [0, 0.1) is 0 Å². The number of hydrogen-bond donors (Lipinski definition) is 3. The smallest absolute Gasteiger partial charge is 0.211 e. The molecule has 0 saturated heterocycles. The maximum atomic E-state index is 11.4. The van der Waals surface area contributed by atoms with Crippen molar-refractivity contribution in [1.29, 1.82) is 0 Å². The molecule has 0 aromatic heterocycles. The highest BCUT2D eigenvalue weighted by Gasteiger charge is 2.16. The lowest BCUT2D eigenvalue weighted by molar-refractivity contribution is 0.316. The van der Waals surface area contributed by atoms with Crippen molar-refractivity contribution in [2.45, 2.75) is 39.2 Å². The van der Waals surface area contributed by atoms with Crippen LogP contribution >= 0.6 is 0 Å². The van der Waals surface area contributed by atoms with E-state index >= 15 is 0 Å². The molecule has 0 aliphatic rings. The van der Waals surface area contributed by atoms with Gasteiger partial charge in [-0.1, -0.05) is 19.0 Å². The predicted molar refractivity (Wildman–Crippen MR) is 59.3 cm³/mol. The van der Waals surface area contributed by atoms with Gasteiger partial charge in [0, 0.05) is 12.5 Å². The number of rotatable bonds is 7. The molecular weight excluding hydrogens is 218 g/mol. The summed E-state index contributed by atoms with van der Waals surface area (Å²) in [6.07, 6.45) is 1.38. The van der Waals surface area contributed by atoms with E-state index in [-0.39, 0.29) is 24.1 Å². The van der Waals surface area contributed by atoms with Crippen LogP contribution in [0.5, 0.6) is 0 Å². The minimum atomic E-state index is -3.24. The summed E-state index contributed by atoms with van der Waals surface area (Å²) < 4.78 is 25.3. The Morgan fingerprint density at radius 2 is 2.13 bits per heavy atom. The van der Waals surface area contributed by atoms with Crippen LogP contribution in [0.1, 0.15) is 33.1 Å². The molecular formula is C8H19N3O3S. The highest BCUT2D eigenvalue weighted by Crippen LogP contribution is 2.01. The Bertz CT molecular complexity index is 300. The first-order valence-corrected chi connectivity index (χ1v) is 6.56. The molecule has 0 bridgehead atoms. The molecule has 1 atom stereocenters. The third kappa shape index (κ3) is 6.29. The van der Waals surface area contributed by atoms with Crippen LogP contribution in [-0.4, -0.2) is 31.3 Å². The topological polar surface area (TPSA) is 105 Å². The van der Waals surface area contributed by atoms with E-state index in [0.29, 0.717) is 12.8 Å². The Morgan fingerprint density at radius 3 is 2.53 bits per heavy atom. The molecule has 90 valence electrons. The number of hydrogen-bond acceptors (Lipinski definition) is 4. The molecule has 7 heteroatoms. The summed E-state index contributed by atoms with van der Waals surface area (Å²) in [6.45, 7) is 3.63. The van der Waals surface area contributed by atoms with Crippen molar-refractivity contribution in [2.24, 2.45) is 10.9 Å². The summed E-state index contributed by atoms with van der Waals surface area (Å²) in [5.74, 6) is 0.126. The molecule has 1 unspecified atom stereocenters. The van der Waals surface area contributed by atoms with Gasteiger partial charge in [0.25, 0.3) is 0 Å². The molecule has 0 aromatic rings. The normalized spacial score (nSPS) is 15.2. The average molecular weight is 237 g/mol. The number of sulfonamides is 1. The maximum absolute atomic E-state index is 11.4. The largest absolute Gasteiger partial charge is 0.409 e. The van der Waals surface area contributed by atoms with Crippen LogP contribution in [-0.2, 0) is 10.0 Å². The third-order valence-corrected chi connectivity index (χ3v) is 3.53. The van der Waals surface area contributed by atoms with Crippen molar-refractivity contribution >= 4 is 15.9 Å². The first kappa shape index (κ1) is 14.2. The van der Waals surface area contributed by atoms with Gasteiger partial charge in [-0.3, -0.25) is 0 Å². The van der Waals surface area contributed by atoms with Gasteiger partial charge in [-0.25, -0.2) is 13.1 Å². The Kier molecular flexibility index (Phi) is 6.26. The van der Waals surface area contributed by atoms with Crippen molar-refractivity contribution in [2.75, 3.05) is 5.75 Å². The lowest BCUT2D eigenvalue weighted by Gasteiger charge is -2.15. The number of nitrogens with two attached hydrogens (primary N) is 1. The van der Waals surface area contributed by atoms with Crippen LogP contribution < -0.4 is 10.5 Å². The van der Waals surface area contributed by atoms with Crippen molar-refractivity contribution in [3.63, 3.8) is 0 Å². The van der Waals surface area contributed by atoms with E-state index in [0.717, 1.165) is 0 Å². The second kappa shape index (κ2) is 6.62. The van der Waals surface area contributed by atoms with Crippen molar-refractivity contribution in [3.05, 3.63) is 0 Å². The Morgan fingerprint density at radius 1 is 1.53 bits per heavy atom. The second-order valence-electron chi connectivity index (χ2n) is 3.34. The first-order chi connectivity index (χ1) is 6.95. The SMILES string of the molecule is CCCS(=O)(=O)NC(CC)CC(N)=NO. The van der Waals surface area contributed by atoms with Crippen LogP contribution in [0.3, 0.4) is 0 Å². The zero-order valence-corrected chi connectivity index (χ0v) is 9.92. The number of amidine groups is 1. The Hall–Kier alpha value is -0.820. The van der Waals surface area contributed by atoms with Gasteiger partial charge in [0.15, 0.2) is 0 Å². The van der Waals surface area contributed by atoms with Crippen molar-refractivity contribution < 1.29 is 13.6 Å². The van der Waals surface area contributed by atoms with Gasteiger partial charge in [-0.15, -0.1) is 0 Å². The van der Waals surface area contributed by atoms with Gasteiger partial charge >= 0.3 is 0 Å². The highest BCUT2D eigenvalue weighted by molar-refractivity contribution is 7.89. The Labute approximate surface area is 90.6 Å². The zero-order valence-electron chi connectivity index (χ0n) is 9.10. The fourth-order valence-corrected chi connectivity index (χ4v) is 2.56. The molecule has 0 saturated carbocycles. The minimum absolute atomic E-state index is 0.0287. The molecule has 6 nitrogen and oxygen atoms in total. The van der Waals surface area contributed by atoms with Gasteiger partial charge < -0.3 is 10.9 Å². The summed E-state index contributed by atoms with van der Waals surface area (Å²) in [5, 5.41) is 11.2. The van der Waals surface area contributed by atoms with E-state index in [1.54, 1.807) is 6.92 Å². The number of nitrogens with one attached hydrogen (secondary N) is 1. The van der Waals surface area contributed by atoms with Gasteiger partial charge in [0.1, 0.15) is 5.84 Å². The summed E-state index contributed by atoms with van der Waals surface area (Å²) in [4.78, 5) is 0. The fourth-order valence-electron chi connectivity index (χ4n) is 1.14. The predicted octanol–water partition coefficient (Wildman–Crippen LogP) is 0.231. The number of nitrogens with zero attached hydrogens (tertiary/aromatic N) is 1. The van der Waals surface area contributed by atoms with Crippen LogP contribution in [0.15, 0.2) is 5.16 Å². The van der Waals surface area contributed by atoms with Crippen molar-refractivity contribution in [3.8, 4) is 0 Å². The molecule has 0 fully saturated rings. The van der Waals surface area contributed by atoms with Crippen LogP contribution in [0.2, 0.25) is 0 Å². The second-order valence-corrected chi connectivity index (χ2v) is 5.21. The summed E-state index contributed by atoms with van der Waals surface area (Å²) in [7, 11) is -3.24. The van der Waals surface area contributed by atoms with E-state index in [9.17, 15) is 8.42 Å². The summed E-state index contributed by atoms with van der Waals surface area (Å²) >= 11 is 0. The lowest BCUT2D eigenvalue weighted by Crippen LogP contribution is -2.38. The highest BCUT2D eigenvalue weighted by atomic mass is 32.2.